The van der Waals surface area contributed by atoms with E-state index in [1.807, 2.05) is 33.0 Å². The largest absolute Gasteiger partial charge is 0.441 e. The number of benzene rings is 1. The van der Waals surface area contributed by atoms with Crippen LogP contribution in [0.2, 0.25) is 18.6 Å². The third-order valence-electron chi connectivity index (χ3n) is 10.5. The molecule has 0 bridgehead atoms. The Morgan fingerprint density at radius 2 is 1.88 bits per heavy atom. The first-order valence-electron chi connectivity index (χ1n) is 17.1. The van der Waals surface area contributed by atoms with Gasteiger partial charge < -0.3 is 29.2 Å². The quantitative estimate of drug-likeness (QED) is 0.151. The van der Waals surface area contributed by atoms with Crippen molar-refractivity contribution in [3.63, 3.8) is 0 Å². The molecule has 11 nitrogen and oxygen atoms in total. The number of hydrogen-bond acceptors (Lipinski definition) is 8. The molecule has 1 aromatic rings. The molecule has 3 fully saturated rings. The van der Waals surface area contributed by atoms with Gasteiger partial charge in [-0.15, -0.1) is 0 Å². The Morgan fingerprint density at radius 1 is 1.15 bits per heavy atom. The van der Waals surface area contributed by atoms with Gasteiger partial charge in [-0.2, -0.15) is 0 Å². The lowest BCUT2D eigenvalue weighted by Gasteiger charge is -2.39. The molecule has 0 aromatic heterocycles. The molecule has 2 N–H and O–H groups in total. The summed E-state index contributed by atoms with van der Waals surface area (Å²) < 4.78 is 12.3. The van der Waals surface area contributed by atoms with Crippen LogP contribution in [0.25, 0.3) is 0 Å². The van der Waals surface area contributed by atoms with Crippen LogP contribution in [-0.4, -0.2) is 84.9 Å². The van der Waals surface area contributed by atoms with Gasteiger partial charge in [0.1, 0.15) is 0 Å². The predicted molar refractivity (Wildman–Crippen MR) is 184 cm³/mol. The Labute approximate surface area is 284 Å². The molecule has 262 valence electrons. The van der Waals surface area contributed by atoms with E-state index < -0.39 is 43.7 Å². The summed E-state index contributed by atoms with van der Waals surface area (Å²) in [6.45, 7) is 13.8. The summed E-state index contributed by atoms with van der Waals surface area (Å²) in [4.78, 5) is 69.6. The van der Waals surface area contributed by atoms with Crippen LogP contribution in [0.5, 0.6) is 0 Å². The van der Waals surface area contributed by atoms with Gasteiger partial charge in [0, 0.05) is 42.7 Å². The van der Waals surface area contributed by atoms with Crippen LogP contribution in [-0.2, 0) is 34.3 Å². The molecule has 1 unspecified atom stereocenters. The van der Waals surface area contributed by atoms with Crippen LogP contribution in [0.1, 0.15) is 78.7 Å². The van der Waals surface area contributed by atoms with Gasteiger partial charge in [-0.05, 0) is 77.7 Å². The lowest BCUT2D eigenvalue weighted by atomic mass is 9.82. The highest BCUT2D eigenvalue weighted by molar-refractivity contribution is 6.71. The van der Waals surface area contributed by atoms with E-state index in [-0.39, 0.29) is 43.2 Å². The smallest absolute Gasteiger partial charge is 0.304 e. The van der Waals surface area contributed by atoms with Crippen molar-refractivity contribution in [1.82, 2.24) is 4.90 Å². The molecule has 0 saturated carbocycles. The van der Waals surface area contributed by atoms with Crippen LogP contribution in [0.3, 0.4) is 0 Å². The van der Waals surface area contributed by atoms with Crippen molar-refractivity contribution >= 4 is 43.4 Å². The van der Waals surface area contributed by atoms with Crippen LogP contribution < -0.4 is 9.80 Å². The number of amides is 3. The van der Waals surface area contributed by atoms with Gasteiger partial charge in [0.05, 0.1) is 37.3 Å². The molecular formula is C36H51N3O8Si. The Hall–Kier alpha value is -3.32. The number of aliphatic hydroxyl groups is 1. The fourth-order valence-electron chi connectivity index (χ4n) is 8.16. The summed E-state index contributed by atoms with van der Waals surface area (Å²) >= 11 is 0. The Morgan fingerprint density at radius 3 is 2.50 bits per heavy atom. The SMILES string of the molecule is CC(=O)OC1CC(=O)N1c1ccc2c(c1)[C@]1(O[C@@H](CC(=O)N3CCC[C@H]3CO)[C@H]([Si](C)(C)O)[C@H]1C)C(=O)N2C/C=C(\C)CCC=C(C)C. The molecule has 6 atom stereocenters. The highest BCUT2D eigenvalue weighted by Gasteiger charge is 2.66. The number of likely N-dealkylation sites (tertiary alicyclic amines) is 1. The van der Waals surface area contributed by atoms with Gasteiger partial charge in [0.25, 0.3) is 5.91 Å². The van der Waals surface area contributed by atoms with Crippen LogP contribution in [0.15, 0.2) is 41.5 Å². The normalized spacial score (nSPS) is 28.6. The van der Waals surface area contributed by atoms with Crippen molar-refractivity contribution in [1.29, 1.82) is 0 Å². The predicted octanol–water partition coefficient (Wildman–Crippen LogP) is 4.52. The van der Waals surface area contributed by atoms with Crippen molar-refractivity contribution in [2.24, 2.45) is 5.92 Å². The molecule has 1 spiro atoms. The number of β-lactam (4-membered cyclic amide) rings is 1. The topological polar surface area (TPSA) is 137 Å². The minimum absolute atomic E-state index is 0.0188. The average molecular weight is 682 g/mol. The van der Waals surface area contributed by atoms with E-state index in [9.17, 15) is 29.1 Å². The highest BCUT2D eigenvalue weighted by Crippen LogP contribution is 2.60. The fraction of sp³-hybridized carbons (Fsp3) is 0.611. The van der Waals surface area contributed by atoms with Gasteiger partial charge in [0.2, 0.25) is 11.8 Å². The van der Waals surface area contributed by atoms with Gasteiger partial charge in [-0.25, -0.2) is 0 Å². The molecule has 4 aliphatic rings. The molecule has 3 amide bonds. The molecule has 12 heteroatoms. The lowest BCUT2D eigenvalue weighted by molar-refractivity contribution is -0.154. The molecule has 3 saturated heterocycles. The number of hydrogen-bond donors (Lipinski definition) is 2. The van der Waals surface area contributed by atoms with Gasteiger partial charge in [0.15, 0.2) is 20.1 Å². The fourth-order valence-corrected chi connectivity index (χ4v) is 10.7. The van der Waals surface area contributed by atoms with E-state index in [1.54, 1.807) is 28.0 Å². The maximum Gasteiger partial charge on any atom is 0.304 e. The lowest BCUT2D eigenvalue weighted by Crippen LogP contribution is -2.55. The number of aliphatic hydroxyl groups excluding tert-OH is 1. The summed E-state index contributed by atoms with van der Waals surface area (Å²) in [6, 6.07) is 5.09. The summed E-state index contributed by atoms with van der Waals surface area (Å²) in [7, 11) is -3.04. The number of fused-ring (bicyclic) bond motifs is 2. The van der Waals surface area contributed by atoms with Crippen molar-refractivity contribution in [3.8, 4) is 0 Å². The van der Waals surface area contributed by atoms with Gasteiger partial charge in [-0.1, -0.05) is 30.2 Å². The summed E-state index contributed by atoms with van der Waals surface area (Å²) in [6.07, 6.45) is 6.10. The number of allylic oxidation sites excluding steroid dienone is 3. The maximum atomic E-state index is 14.8. The molecule has 1 aromatic carbocycles. The van der Waals surface area contributed by atoms with E-state index >= 15 is 0 Å². The third kappa shape index (κ3) is 6.64. The Bertz CT molecular complexity index is 1510. The number of nitrogens with zero attached hydrogens (tertiary/aromatic N) is 3. The highest BCUT2D eigenvalue weighted by atomic mass is 28.4. The van der Waals surface area contributed by atoms with E-state index in [2.05, 4.69) is 19.9 Å². The molecule has 0 aliphatic carbocycles. The average Bonchev–Trinajstić information content (AvgIpc) is 3.65. The Balaban J connectivity index is 1.55. The van der Waals surface area contributed by atoms with Crippen LogP contribution in [0, 0.1) is 5.92 Å². The van der Waals surface area contributed by atoms with Crippen LogP contribution in [0.4, 0.5) is 11.4 Å². The number of ether oxygens (including phenoxy) is 2. The van der Waals surface area contributed by atoms with Crippen molar-refractivity contribution in [2.75, 3.05) is 29.5 Å². The van der Waals surface area contributed by atoms with Gasteiger partial charge in [-0.3, -0.25) is 24.1 Å². The zero-order valence-corrected chi connectivity index (χ0v) is 30.3. The number of anilines is 2. The van der Waals surface area contributed by atoms with E-state index in [0.29, 0.717) is 30.0 Å². The second-order valence-electron chi connectivity index (χ2n) is 14.6. The first-order chi connectivity index (χ1) is 22.6. The number of carbonyl (C=O) groups excluding carboxylic acids is 4. The molecular weight excluding hydrogens is 630 g/mol. The van der Waals surface area contributed by atoms with Crippen molar-refractivity contribution in [2.45, 2.75) is 116 Å². The maximum absolute atomic E-state index is 14.8. The summed E-state index contributed by atoms with van der Waals surface area (Å²) in [5.41, 5.74) is 2.12. The number of rotatable bonds is 11. The summed E-state index contributed by atoms with van der Waals surface area (Å²) in [5.74, 6) is -1.64. The Kier molecular flexibility index (Phi) is 10.4. The van der Waals surface area contributed by atoms with Crippen molar-refractivity contribution in [3.05, 3.63) is 47.1 Å². The molecule has 48 heavy (non-hydrogen) atoms. The zero-order valence-electron chi connectivity index (χ0n) is 29.3. The van der Waals surface area contributed by atoms with Crippen LogP contribution >= 0.6 is 0 Å². The minimum atomic E-state index is -3.04. The second-order valence-corrected chi connectivity index (χ2v) is 18.6. The second kappa shape index (κ2) is 13.9. The first-order valence-corrected chi connectivity index (χ1v) is 20.2. The molecule has 4 heterocycles. The zero-order chi connectivity index (χ0) is 35.1. The number of esters is 1. The molecule has 4 aliphatic heterocycles. The molecule has 0 radical (unpaired) electrons. The monoisotopic (exact) mass is 681 g/mol. The van der Waals surface area contributed by atoms with E-state index in [0.717, 1.165) is 31.3 Å². The molecule has 5 rings (SSSR count). The van der Waals surface area contributed by atoms with E-state index in [1.165, 1.54) is 17.4 Å². The minimum Gasteiger partial charge on any atom is -0.441 e. The standard InChI is InChI=1S/C36H51N3O8Si/c1-22(2)10-8-11-23(3)15-17-38-29-14-13-26(39-32(43)20-33(39)46-25(5)41)18-28(29)36(35(38)44)24(4)34(48(6,7)45)30(47-36)19-31(42)37-16-9-12-27(37)21-40/h10,13-15,18,24,27,30,33-34,40,45H,8-9,11-12,16-17,19-21H2,1-7H3/b23-15+/t24-,27+,30+,33?,34-,36+/m1/s1. The van der Waals surface area contributed by atoms with Gasteiger partial charge >= 0.3 is 5.97 Å². The van der Waals surface area contributed by atoms with E-state index in [4.69, 9.17) is 9.47 Å². The first kappa shape index (κ1) is 36.0. The summed E-state index contributed by atoms with van der Waals surface area (Å²) in [5, 5.41) is 9.88. The number of carbonyl (C=O) groups is 4. The third-order valence-corrected chi connectivity index (χ3v) is 13.0. The van der Waals surface area contributed by atoms with Crippen molar-refractivity contribution < 1.29 is 38.6 Å².